The van der Waals surface area contributed by atoms with Crippen LogP contribution in [0.15, 0.2) is 0 Å². The van der Waals surface area contributed by atoms with E-state index in [0.717, 1.165) is 25.8 Å². The van der Waals surface area contributed by atoms with Crippen molar-refractivity contribution >= 4 is 12.0 Å². The number of nitrogens with zero attached hydrogens (tertiary/aromatic N) is 2. The molecule has 2 rings (SSSR count). The van der Waals surface area contributed by atoms with Crippen LogP contribution >= 0.6 is 0 Å². The molecule has 2 amide bonds. The van der Waals surface area contributed by atoms with Crippen molar-refractivity contribution in [2.24, 2.45) is 5.92 Å². The predicted octanol–water partition coefficient (Wildman–Crippen LogP) is 1.37. The van der Waals surface area contributed by atoms with Crippen LogP contribution in [-0.2, 0) is 4.79 Å². The highest BCUT2D eigenvalue weighted by Crippen LogP contribution is 2.23. The van der Waals surface area contributed by atoms with Crippen molar-refractivity contribution in [2.45, 2.75) is 51.1 Å². The smallest absolute Gasteiger partial charge is 0.326 e. The number of nitrogens with one attached hydrogen (secondary N) is 1. The van der Waals surface area contributed by atoms with E-state index in [2.05, 4.69) is 17.3 Å². The van der Waals surface area contributed by atoms with Gasteiger partial charge in [0, 0.05) is 19.1 Å². The molecule has 0 spiro atoms. The van der Waals surface area contributed by atoms with E-state index >= 15 is 0 Å². The van der Waals surface area contributed by atoms with Crippen LogP contribution in [0.1, 0.15) is 39.0 Å². The maximum Gasteiger partial charge on any atom is 0.326 e. The molecule has 120 valence electrons. The largest absolute Gasteiger partial charge is 0.480 e. The number of carboxylic acids is 1. The van der Waals surface area contributed by atoms with E-state index in [-0.39, 0.29) is 11.9 Å². The average molecular weight is 297 g/mol. The van der Waals surface area contributed by atoms with Gasteiger partial charge in [0.2, 0.25) is 0 Å². The summed E-state index contributed by atoms with van der Waals surface area (Å²) in [5.74, 6) is -0.883. The Morgan fingerprint density at radius 3 is 2.62 bits per heavy atom. The number of piperidine rings is 2. The minimum Gasteiger partial charge on any atom is -0.480 e. The number of carboxylic acid groups (broad SMARTS) is 1. The maximum atomic E-state index is 12.3. The summed E-state index contributed by atoms with van der Waals surface area (Å²) in [5, 5.41) is 12.3. The van der Waals surface area contributed by atoms with E-state index < -0.39 is 12.0 Å². The minimum atomic E-state index is -0.896. The number of hydrogen-bond acceptors (Lipinski definition) is 3. The van der Waals surface area contributed by atoms with Crippen LogP contribution in [0.25, 0.3) is 0 Å². The van der Waals surface area contributed by atoms with Gasteiger partial charge in [0.25, 0.3) is 0 Å². The molecule has 2 N–H and O–H groups in total. The predicted molar refractivity (Wildman–Crippen MR) is 80.2 cm³/mol. The quantitative estimate of drug-likeness (QED) is 0.825. The van der Waals surface area contributed by atoms with E-state index in [1.54, 1.807) is 0 Å². The monoisotopic (exact) mass is 297 g/mol. The van der Waals surface area contributed by atoms with Gasteiger partial charge in [0.05, 0.1) is 0 Å². The zero-order chi connectivity index (χ0) is 15.4. The molecule has 0 radical (unpaired) electrons. The molecule has 2 aliphatic heterocycles. The summed E-state index contributed by atoms with van der Waals surface area (Å²) in [6.45, 7) is 4.12. The molecule has 0 aromatic carbocycles. The zero-order valence-corrected chi connectivity index (χ0v) is 13.0. The number of amides is 2. The molecule has 0 saturated carbocycles. The van der Waals surface area contributed by atoms with Gasteiger partial charge in [-0.15, -0.1) is 0 Å². The number of carbonyl (C=O) groups is 2. The van der Waals surface area contributed by atoms with E-state index in [4.69, 9.17) is 0 Å². The Bertz CT molecular complexity index is 388. The summed E-state index contributed by atoms with van der Waals surface area (Å²) in [4.78, 5) is 27.5. The zero-order valence-electron chi connectivity index (χ0n) is 13.0. The highest BCUT2D eigenvalue weighted by Gasteiger charge is 2.37. The van der Waals surface area contributed by atoms with Crippen molar-refractivity contribution < 1.29 is 14.7 Å². The molecule has 0 aromatic rings. The van der Waals surface area contributed by atoms with Crippen LogP contribution in [0.2, 0.25) is 0 Å². The van der Waals surface area contributed by atoms with Crippen molar-refractivity contribution in [3.8, 4) is 0 Å². The first kappa shape index (κ1) is 16.1. The van der Waals surface area contributed by atoms with Crippen molar-refractivity contribution in [2.75, 3.05) is 26.7 Å². The van der Waals surface area contributed by atoms with Gasteiger partial charge in [-0.25, -0.2) is 9.59 Å². The Labute approximate surface area is 126 Å². The Hall–Kier alpha value is -1.30. The highest BCUT2D eigenvalue weighted by molar-refractivity contribution is 5.83. The second-order valence-electron chi connectivity index (χ2n) is 6.41. The van der Waals surface area contributed by atoms with Crippen LogP contribution < -0.4 is 5.32 Å². The summed E-state index contributed by atoms with van der Waals surface area (Å²) in [6.07, 6.45) is 5.25. The number of rotatable bonds is 3. The third kappa shape index (κ3) is 3.87. The fourth-order valence-corrected chi connectivity index (χ4v) is 3.50. The van der Waals surface area contributed by atoms with E-state index in [1.807, 2.05) is 6.92 Å². The first-order valence-corrected chi connectivity index (χ1v) is 7.98. The van der Waals surface area contributed by atoms with E-state index in [0.29, 0.717) is 19.1 Å². The van der Waals surface area contributed by atoms with Crippen LogP contribution in [0.5, 0.6) is 0 Å². The van der Waals surface area contributed by atoms with Gasteiger partial charge in [-0.2, -0.15) is 0 Å². The third-order valence-corrected chi connectivity index (χ3v) is 4.86. The SMILES string of the molecule is CC1CCCN(C(=O)NCC2CCCCN2C)C1C(=O)O. The molecule has 3 unspecified atom stereocenters. The third-order valence-electron chi connectivity index (χ3n) is 4.86. The lowest BCUT2D eigenvalue weighted by atomic mass is 9.91. The minimum absolute atomic E-state index is 0.0133. The topological polar surface area (TPSA) is 72.9 Å². The number of urea groups is 1. The Kier molecular flexibility index (Phi) is 5.45. The number of likely N-dealkylation sites (tertiary alicyclic amines) is 2. The summed E-state index contributed by atoms with van der Waals surface area (Å²) in [6, 6.07) is -0.552. The molecular formula is C15H27N3O3. The highest BCUT2D eigenvalue weighted by atomic mass is 16.4. The maximum absolute atomic E-state index is 12.3. The van der Waals surface area contributed by atoms with Crippen molar-refractivity contribution in [3.05, 3.63) is 0 Å². The number of aliphatic carboxylic acids is 1. The number of likely N-dealkylation sites (N-methyl/N-ethyl adjacent to an activating group) is 1. The lowest BCUT2D eigenvalue weighted by Crippen LogP contribution is -2.56. The number of carbonyl (C=O) groups excluding carboxylic acids is 1. The first-order valence-electron chi connectivity index (χ1n) is 7.98. The summed E-state index contributed by atoms with van der Waals surface area (Å²) in [5.41, 5.74) is 0. The molecule has 3 atom stereocenters. The molecule has 21 heavy (non-hydrogen) atoms. The van der Waals surface area contributed by atoms with Gasteiger partial charge >= 0.3 is 12.0 Å². The Morgan fingerprint density at radius 2 is 1.95 bits per heavy atom. The summed E-state index contributed by atoms with van der Waals surface area (Å²) in [7, 11) is 2.08. The standard InChI is InChI=1S/C15H27N3O3/c1-11-6-5-9-18(13(11)14(19)20)15(21)16-10-12-7-3-4-8-17(12)2/h11-13H,3-10H2,1-2H3,(H,16,21)(H,19,20). The number of hydrogen-bond donors (Lipinski definition) is 2. The Balaban J connectivity index is 1.90. The lowest BCUT2D eigenvalue weighted by Gasteiger charge is -2.38. The summed E-state index contributed by atoms with van der Waals surface area (Å²) >= 11 is 0. The van der Waals surface area contributed by atoms with Crippen LogP contribution in [0.3, 0.4) is 0 Å². The fraction of sp³-hybridized carbons (Fsp3) is 0.867. The van der Waals surface area contributed by atoms with E-state index in [9.17, 15) is 14.7 Å². The molecule has 6 nitrogen and oxygen atoms in total. The van der Waals surface area contributed by atoms with Crippen LogP contribution in [0.4, 0.5) is 4.79 Å². The van der Waals surface area contributed by atoms with E-state index in [1.165, 1.54) is 17.7 Å². The van der Waals surface area contributed by atoms with Crippen molar-refractivity contribution in [1.29, 1.82) is 0 Å². The fourth-order valence-electron chi connectivity index (χ4n) is 3.50. The van der Waals surface area contributed by atoms with Crippen LogP contribution in [-0.4, -0.2) is 65.7 Å². The molecule has 0 aliphatic carbocycles. The molecule has 2 fully saturated rings. The van der Waals surface area contributed by atoms with Crippen LogP contribution in [0, 0.1) is 5.92 Å². The molecular weight excluding hydrogens is 270 g/mol. The molecule has 6 heteroatoms. The molecule has 2 aliphatic rings. The molecule has 0 bridgehead atoms. The Morgan fingerprint density at radius 1 is 1.19 bits per heavy atom. The first-order chi connectivity index (χ1) is 10.0. The second-order valence-corrected chi connectivity index (χ2v) is 6.41. The van der Waals surface area contributed by atoms with Gasteiger partial charge in [0.15, 0.2) is 0 Å². The lowest BCUT2D eigenvalue weighted by molar-refractivity contribution is -0.145. The second kappa shape index (κ2) is 7.11. The van der Waals surface area contributed by atoms with Gasteiger partial charge in [-0.1, -0.05) is 13.3 Å². The average Bonchev–Trinajstić information content (AvgIpc) is 2.45. The summed E-state index contributed by atoms with van der Waals surface area (Å²) < 4.78 is 0. The molecule has 2 heterocycles. The van der Waals surface area contributed by atoms with Gasteiger partial charge in [-0.05, 0) is 45.2 Å². The van der Waals surface area contributed by atoms with Gasteiger partial charge < -0.3 is 20.2 Å². The van der Waals surface area contributed by atoms with Crippen molar-refractivity contribution in [1.82, 2.24) is 15.1 Å². The molecule has 0 aromatic heterocycles. The van der Waals surface area contributed by atoms with Crippen molar-refractivity contribution in [3.63, 3.8) is 0 Å². The van der Waals surface area contributed by atoms with Gasteiger partial charge in [0.1, 0.15) is 6.04 Å². The normalized spacial score (nSPS) is 31.0. The van der Waals surface area contributed by atoms with Gasteiger partial charge in [-0.3, -0.25) is 0 Å². The molecule has 2 saturated heterocycles.